The summed E-state index contributed by atoms with van der Waals surface area (Å²) in [5.41, 5.74) is 0.402. The van der Waals surface area contributed by atoms with Crippen LogP contribution >= 0.6 is 0 Å². The molecule has 2 rings (SSSR count). The van der Waals surface area contributed by atoms with E-state index in [4.69, 9.17) is 0 Å². The lowest BCUT2D eigenvalue weighted by Gasteiger charge is -2.31. The van der Waals surface area contributed by atoms with Crippen molar-refractivity contribution in [3.8, 4) is 0 Å². The number of benzene rings is 1. The van der Waals surface area contributed by atoms with Gasteiger partial charge in [0.05, 0.1) is 11.5 Å². The molecular weight excluding hydrogens is 256 g/mol. The van der Waals surface area contributed by atoms with Crippen molar-refractivity contribution in [2.24, 2.45) is 5.92 Å². The smallest absolute Gasteiger partial charge is 0.270 e. The van der Waals surface area contributed by atoms with Gasteiger partial charge >= 0.3 is 0 Å². The first-order valence-corrected chi connectivity index (χ1v) is 7.10. The highest BCUT2D eigenvalue weighted by Crippen LogP contribution is 2.20. The molecule has 0 radical (unpaired) electrons. The average molecular weight is 276 g/mol. The molecule has 1 aromatic carbocycles. The maximum Gasteiger partial charge on any atom is 0.270 e. The third kappa shape index (κ3) is 3.63. The van der Waals surface area contributed by atoms with Crippen LogP contribution in [0.25, 0.3) is 0 Å². The van der Waals surface area contributed by atoms with Crippen molar-refractivity contribution < 1.29 is 9.72 Å². The van der Waals surface area contributed by atoms with Gasteiger partial charge in [-0.1, -0.05) is 25.5 Å². The normalized spacial score (nSPS) is 19.8. The molecule has 0 aromatic heterocycles. The van der Waals surface area contributed by atoms with Gasteiger partial charge in [0.2, 0.25) is 0 Å². The molecule has 1 unspecified atom stereocenters. The molecule has 1 saturated heterocycles. The Bertz CT molecular complexity index is 502. The number of hydrogen-bond donors (Lipinski definition) is 0. The lowest BCUT2D eigenvalue weighted by molar-refractivity contribution is -0.384. The summed E-state index contributed by atoms with van der Waals surface area (Å²) in [6, 6.07) is 5.99. The van der Waals surface area contributed by atoms with Crippen molar-refractivity contribution in [3.05, 3.63) is 39.9 Å². The summed E-state index contributed by atoms with van der Waals surface area (Å²) in [5, 5.41) is 10.7. The fraction of sp³-hybridized carbons (Fsp3) is 0.533. The highest BCUT2D eigenvalue weighted by molar-refractivity contribution is 5.98. The van der Waals surface area contributed by atoms with Gasteiger partial charge in [-0.3, -0.25) is 19.8 Å². The van der Waals surface area contributed by atoms with E-state index >= 15 is 0 Å². The maximum atomic E-state index is 12.2. The topological polar surface area (TPSA) is 63.5 Å². The van der Waals surface area contributed by atoms with E-state index in [1.54, 1.807) is 12.1 Å². The van der Waals surface area contributed by atoms with E-state index in [9.17, 15) is 14.9 Å². The van der Waals surface area contributed by atoms with Crippen LogP contribution in [0.15, 0.2) is 24.3 Å². The molecular formula is C15H20N2O3. The minimum absolute atomic E-state index is 0.0269. The number of non-ortho nitro benzene ring substituents is 1. The third-order valence-corrected chi connectivity index (χ3v) is 3.93. The highest BCUT2D eigenvalue weighted by atomic mass is 16.6. The van der Waals surface area contributed by atoms with Gasteiger partial charge in [-0.05, 0) is 25.3 Å². The summed E-state index contributed by atoms with van der Waals surface area (Å²) in [5.74, 6) is 0.632. The second-order valence-electron chi connectivity index (χ2n) is 5.38. The van der Waals surface area contributed by atoms with Crippen LogP contribution in [0.1, 0.15) is 36.5 Å². The fourth-order valence-corrected chi connectivity index (χ4v) is 2.72. The highest BCUT2D eigenvalue weighted by Gasteiger charge is 2.21. The van der Waals surface area contributed by atoms with Gasteiger partial charge < -0.3 is 0 Å². The predicted molar refractivity (Wildman–Crippen MR) is 76.9 cm³/mol. The van der Waals surface area contributed by atoms with Crippen LogP contribution in [0.5, 0.6) is 0 Å². The molecule has 5 heteroatoms. The van der Waals surface area contributed by atoms with Gasteiger partial charge in [0, 0.05) is 24.2 Å². The zero-order valence-corrected chi connectivity index (χ0v) is 11.7. The van der Waals surface area contributed by atoms with Gasteiger partial charge in [-0.25, -0.2) is 0 Å². The van der Waals surface area contributed by atoms with Crippen LogP contribution in [0.2, 0.25) is 0 Å². The Morgan fingerprint density at radius 3 is 3.00 bits per heavy atom. The molecule has 5 nitrogen and oxygen atoms in total. The van der Waals surface area contributed by atoms with Gasteiger partial charge in [0.1, 0.15) is 0 Å². The molecule has 1 aromatic rings. The molecule has 0 N–H and O–H groups in total. The molecule has 0 spiro atoms. The van der Waals surface area contributed by atoms with Crippen molar-refractivity contribution in [1.82, 2.24) is 4.90 Å². The summed E-state index contributed by atoms with van der Waals surface area (Å²) in [7, 11) is 0. The second-order valence-corrected chi connectivity index (χ2v) is 5.38. The molecule has 1 fully saturated rings. The SMILES string of the molecule is CCC1CCCN(CC(=O)c2cccc([N+](=O)[O-])c2)C1. The van der Waals surface area contributed by atoms with E-state index in [-0.39, 0.29) is 11.5 Å². The molecule has 1 aliphatic rings. The van der Waals surface area contributed by atoms with Crippen LogP contribution < -0.4 is 0 Å². The number of hydrogen-bond acceptors (Lipinski definition) is 4. The monoisotopic (exact) mass is 276 g/mol. The minimum atomic E-state index is -0.467. The third-order valence-electron chi connectivity index (χ3n) is 3.93. The number of piperidine rings is 1. The zero-order valence-electron chi connectivity index (χ0n) is 11.7. The number of carbonyl (C=O) groups is 1. The number of rotatable bonds is 5. The number of nitro groups is 1. The lowest BCUT2D eigenvalue weighted by Crippen LogP contribution is -2.38. The molecule has 20 heavy (non-hydrogen) atoms. The van der Waals surface area contributed by atoms with E-state index in [0.717, 1.165) is 25.9 Å². The van der Waals surface area contributed by atoms with E-state index in [0.29, 0.717) is 18.0 Å². The Morgan fingerprint density at radius 1 is 1.50 bits per heavy atom. The Morgan fingerprint density at radius 2 is 2.30 bits per heavy atom. The number of carbonyl (C=O) groups excluding carboxylic acids is 1. The fourth-order valence-electron chi connectivity index (χ4n) is 2.72. The molecule has 0 bridgehead atoms. The Balaban J connectivity index is 2.01. The van der Waals surface area contributed by atoms with E-state index in [2.05, 4.69) is 11.8 Å². The largest absolute Gasteiger partial charge is 0.296 e. The minimum Gasteiger partial charge on any atom is -0.296 e. The van der Waals surface area contributed by atoms with Crippen LogP contribution in [0, 0.1) is 16.0 Å². The summed E-state index contributed by atoms with van der Waals surface area (Å²) in [6.45, 7) is 4.43. The first-order valence-electron chi connectivity index (χ1n) is 7.10. The summed E-state index contributed by atoms with van der Waals surface area (Å²) < 4.78 is 0. The summed E-state index contributed by atoms with van der Waals surface area (Å²) >= 11 is 0. The van der Waals surface area contributed by atoms with E-state index in [1.807, 2.05) is 0 Å². The lowest BCUT2D eigenvalue weighted by atomic mass is 9.95. The molecule has 0 aliphatic carbocycles. The van der Waals surface area contributed by atoms with Crippen molar-refractivity contribution in [2.45, 2.75) is 26.2 Å². The van der Waals surface area contributed by atoms with Gasteiger partial charge in [0.15, 0.2) is 5.78 Å². The van der Waals surface area contributed by atoms with E-state index in [1.165, 1.54) is 18.6 Å². The summed E-state index contributed by atoms with van der Waals surface area (Å²) in [6.07, 6.45) is 3.50. The quantitative estimate of drug-likeness (QED) is 0.471. The van der Waals surface area contributed by atoms with Crippen LogP contribution in [0.4, 0.5) is 5.69 Å². The first-order chi connectivity index (χ1) is 9.60. The maximum absolute atomic E-state index is 12.2. The van der Waals surface area contributed by atoms with Crippen molar-refractivity contribution in [1.29, 1.82) is 0 Å². The Labute approximate surface area is 118 Å². The van der Waals surface area contributed by atoms with Gasteiger partial charge in [0.25, 0.3) is 5.69 Å². The van der Waals surface area contributed by atoms with Crippen LogP contribution in [0.3, 0.4) is 0 Å². The predicted octanol–water partition coefficient (Wildman–Crippen LogP) is 2.90. The van der Waals surface area contributed by atoms with Crippen molar-refractivity contribution in [3.63, 3.8) is 0 Å². The summed E-state index contributed by atoms with van der Waals surface area (Å²) in [4.78, 5) is 24.6. The molecule has 1 heterocycles. The number of ketones is 1. The van der Waals surface area contributed by atoms with Crippen LogP contribution in [-0.4, -0.2) is 35.2 Å². The standard InChI is InChI=1S/C15H20N2O3/c1-2-12-5-4-8-16(10-12)11-15(18)13-6-3-7-14(9-13)17(19)20/h3,6-7,9,12H,2,4-5,8,10-11H2,1H3. The first kappa shape index (κ1) is 14.7. The number of nitrogens with zero attached hydrogens (tertiary/aromatic N) is 2. The van der Waals surface area contributed by atoms with Gasteiger partial charge in [-0.2, -0.15) is 0 Å². The van der Waals surface area contributed by atoms with Crippen molar-refractivity contribution >= 4 is 11.5 Å². The molecule has 1 atom stereocenters. The van der Waals surface area contributed by atoms with E-state index < -0.39 is 4.92 Å². The van der Waals surface area contributed by atoms with Crippen LogP contribution in [-0.2, 0) is 0 Å². The molecule has 0 saturated carbocycles. The number of likely N-dealkylation sites (tertiary alicyclic amines) is 1. The second kappa shape index (κ2) is 6.61. The zero-order chi connectivity index (χ0) is 14.5. The molecule has 108 valence electrons. The molecule has 1 aliphatic heterocycles. The van der Waals surface area contributed by atoms with Gasteiger partial charge in [-0.15, -0.1) is 0 Å². The average Bonchev–Trinajstić information content (AvgIpc) is 2.47. The Hall–Kier alpha value is -1.75. The molecule has 0 amide bonds. The van der Waals surface area contributed by atoms with Crippen molar-refractivity contribution in [2.75, 3.05) is 19.6 Å². The Kier molecular flexibility index (Phi) is 4.84. The number of nitro benzene ring substituents is 1. The number of Topliss-reactive ketones (excluding diaryl/α,β-unsaturated/α-hetero) is 1.